The minimum absolute atomic E-state index is 0.210. The summed E-state index contributed by atoms with van der Waals surface area (Å²) in [7, 11) is -2.07. The monoisotopic (exact) mass is 363 g/mol. The summed E-state index contributed by atoms with van der Waals surface area (Å²) in [5, 5.41) is 0. The average molecular weight is 363 g/mol. The number of methoxy groups -OCH3 is 1. The van der Waals surface area contributed by atoms with Crippen LogP contribution in [0.1, 0.15) is 32.1 Å². The van der Waals surface area contributed by atoms with E-state index >= 15 is 0 Å². The van der Waals surface area contributed by atoms with E-state index in [1.165, 1.54) is 12.7 Å². The molecule has 0 spiro atoms. The van der Waals surface area contributed by atoms with E-state index in [0.29, 0.717) is 24.3 Å². The van der Waals surface area contributed by atoms with Gasteiger partial charge in [0.25, 0.3) is 0 Å². The number of esters is 1. The first-order valence-corrected chi connectivity index (χ1v) is 9.96. The van der Waals surface area contributed by atoms with E-state index in [2.05, 4.69) is 15.5 Å². The van der Waals surface area contributed by atoms with Gasteiger partial charge in [-0.05, 0) is 43.7 Å². The lowest BCUT2D eigenvalue weighted by atomic mass is 9.99. The molecular formula is C19H25NO4S. The van der Waals surface area contributed by atoms with Gasteiger partial charge in [-0.1, -0.05) is 42.0 Å². The van der Waals surface area contributed by atoms with Gasteiger partial charge in [-0.25, -0.2) is 13.1 Å². The van der Waals surface area contributed by atoms with Crippen molar-refractivity contribution in [3.05, 3.63) is 54.1 Å². The molecule has 1 aliphatic rings. The third-order valence-electron chi connectivity index (χ3n) is 4.28. The molecule has 6 heteroatoms. The molecular weight excluding hydrogens is 338 g/mol. The molecule has 0 aromatic heterocycles. The van der Waals surface area contributed by atoms with Gasteiger partial charge in [0, 0.05) is 13.0 Å². The number of carbonyl (C=O) groups excluding carboxylic acids is 1. The van der Waals surface area contributed by atoms with Gasteiger partial charge in [0.1, 0.15) is 0 Å². The number of sulfonamides is 1. The molecule has 2 rings (SSSR count). The van der Waals surface area contributed by atoms with E-state index in [1.54, 1.807) is 30.3 Å². The highest BCUT2D eigenvalue weighted by atomic mass is 32.2. The van der Waals surface area contributed by atoms with Crippen molar-refractivity contribution >= 4 is 16.0 Å². The van der Waals surface area contributed by atoms with Gasteiger partial charge in [0.2, 0.25) is 10.0 Å². The van der Waals surface area contributed by atoms with E-state index in [-0.39, 0.29) is 11.9 Å². The standard InChI is InChI=1S/C19H25NO4S/c1-24-19(21)14-7-2-4-9-16-10-8-11-17(16)15-20-25(22,23)18-12-5-3-6-13-18/h2-6,10,12-13,17,20H,7-9,11,14-15H2,1H3/b4-2-/t17-/m1/s1. The first-order valence-electron chi connectivity index (χ1n) is 8.48. The summed E-state index contributed by atoms with van der Waals surface area (Å²) in [5.74, 6) is 0.0154. The largest absolute Gasteiger partial charge is 0.469 e. The van der Waals surface area contributed by atoms with Crippen molar-refractivity contribution in [1.82, 2.24) is 4.72 Å². The number of allylic oxidation sites excluding steroid dienone is 3. The fourth-order valence-corrected chi connectivity index (χ4v) is 3.94. The molecule has 0 unspecified atom stereocenters. The topological polar surface area (TPSA) is 72.5 Å². The van der Waals surface area contributed by atoms with Crippen LogP contribution in [0.4, 0.5) is 0 Å². The van der Waals surface area contributed by atoms with Gasteiger partial charge in [0.05, 0.1) is 12.0 Å². The zero-order valence-electron chi connectivity index (χ0n) is 14.5. The van der Waals surface area contributed by atoms with E-state index in [1.807, 2.05) is 12.2 Å². The number of ether oxygens (including phenoxy) is 1. The van der Waals surface area contributed by atoms with Gasteiger partial charge in [-0.15, -0.1) is 0 Å². The number of hydrogen-bond acceptors (Lipinski definition) is 4. The number of benzene rings is 1. The normalized spacial score (nSPS) is 17.6. The molecule has 0 aliphatic heterocycles. The second-order valence-electron chi connectivity index (χ2n) is 6.01. The Balaban J connectivity index is 1.81. The van der Waals surface area contributed by atoms with E-state index in [4.69, 9.17) is 0 Å². The number of hydrogen-bond donors (Lipinski definition) is 1. The van der Waals surface area contributed by atoms with Crippen molar-refractivity contribution < 1.29 is 17.9 Å². The van der Waals surface area contributed by atoms with Gasteiger partial charge < -0.3 is 4.74 Å². The van der Waals surface area contributed by atoms with Gasteiger partial charge in [0.15, 0.2) is 0 Å². The number of rotatable bonds is 9. The van der Waals surface area contributed by atoms with Crippen LogP contribution in [0.2, 0.25) is 0 Å². The fourth-order valence-electron chi connectivity index (χ4n) is 2.84. The molecule has 0 fully saturated rings. The van der Waals surface area contributed by atoms with Crippen LogP contribution in [-0.2, 0) is 19.6 Å². The van der Waals surface area contributed by atoms with Crippen LogP contribution >= 0.6 is 0 Å². The fraction of sp³-hybridized carbons (Fsp3) is 0.421. The predicted octanol–water partition coefficient (Wildman–Crippen LogP) is 3.20. The number of carbonyl (C=O) groups is 1. The summed E-state index contributed by atoms with van der Waals surface area (Å²) >= 11 is 0. The van der Waals surface area contributed by atoms with Crippen molar-refractivity contribution in [2.24, 2.45) is 5.92 Å². The molecule has 0 radical (unpaired) electrons. The third kappa shape index (κ3) is 6.14. The van der Waals surface area contributed by atoms with E-state index < -0.39 is 10.0 Å². The molecule has 1 aromatic rings. The molecule has 136 valence electrons. The smallest absolute Gasteiger partial charge is 0.305 e. The molecule has 0 amide bonds. The van der Waals surface area contributed by atoms with Crippen molar-refractivity contribution in [3.63, 3.8) is 0 Å². The van der Waals surface area contributed by atoms with Crippen LogP contribution in [0.5, 0.6) is 0 Å². The van der Waals surface area contributed by atoms with Crippen LogP contribution in [-0.4, -0.2) is 28.0 Å². The molecule has 0 heterocycles. The third-order valence-corrected chi connectivity index (χ3v) is 5.72. The lowest BCUT2D eigenvalue weighted by Gasteiger charge is -2.15. The SMILES string of the molecule is COC(=O)CC/C=C\CC1=CCC[C@@H]1CNS(=O)(=O)c1ccccc1. The van der Waals surface area contributed by atoms with Crippen LogP contribution in [0.25, 0.3) is 0 Å². The van der Waals surface area contributed by atoms with Crippen molar-refractivity contribution in [3.8, 4) is 0 Å². The maximum Gasteiger partial charge on any atom is 0.305 e. The van der Waals surface area contributed by atoms with Crippen molar-refractivity contribution in [1.29, 1.82) is 0 Å². The molecule has 0 saturated carbocycles. The molecule has 1 aliphatic carbocycles. The molecule has 25 heavy (non-hydrogen) atoms. The molecule has 0 saturated heterocycles. The molecule has 1 atom stereocenters. The second kappa shape index (κ2) is 9.53. The minimum Gasteiger partial charge on any atom is -0.469 e. The Morgan fingerprint density at radius 3 is 2.76 bits per heavy atom. The average Bonchev–Trinajstić information content (AvgIpc) is 3.07. The Hall–Kier alpha value is -1.92. The van der Waals surface area contributed by atoms with Crippen molar-refractivity contribution in [2.45, 2.75) is 37.0 Å². The predicted molar refractivity (Wildman–Crippen MR) is 97.4 cm³/mol. The zero-order valence-corrected chi connectivity index (χ0v) is 15.3. The Kier molecular flexibility index (Phi) is 7.40. The zero-order chi connectivity index (χ0) is 18.1. The Labute approximate surface area is 149 Å². The van der Waals surface area contributed by atoms with Gasteiger partial charge >= 0.3 is 5.97 Å². The quantitative estimate of drug-likeness (QED) is 0.540. The molecule has 5 nitrogen and oxygen atoms in total. The summed E-state index contributed by atoms with van der Waals surface area (Å²) in [6.45, 7) is 0.416. The van der Waals surface area contributed by atoms with Crippen LogP contribution in [0.15, 0.2) is 59.0 Å². The summed E-state index contributed by atoms with van der Waals surface area (Å²) in [6.07, 6.45) is 9.97. The van der Waals surface area contributed by atoms with Crippen LogP contribution in [0, 0.1) is 5.92 Å². The van der Waals surface area contributed by atoms with Gasteiger partial charge in [-0.3, -0.25) is 4.79 Å². The summed E-state index contributed by atoms with van der Waals surface area (Å²) < 4.78 is 31.9. The molecule has 1 aromatic carbocycles. The number of nitrogens with one attached hydrogen (secondary N) is 1. The highest BCUT2D eigenvalue weighted by molar-refractivity contribution is 7.89. The minimum atomic E-state index is -3.46. The van der Waals surface area contributed by atoms with Crippen LogP contribution in [0.3, 0.4) is 0 Å². The van der Waals surface area contributed by atoms with Gasteiger partial charge in [-0.2, -0.15) is 0 Å². The summed E-state index contributed by atoms with van der Waals surface area (Å²) in [4.78, 5) is 11.3. The summed E-state index contributed by atoms with van der Waals surface area (Å²) in [5.41, 5.74) is 1.25. The maximum absolute atomic E-state index is 12.3. The van der Waals surface area contributed by atoms with E-state index in [0.717, 1.165) is 19.3 Å². The Bertz CT molecular complexity index is 723. The van der Waals surface area contributed by atoms with E-state index in [9.17, 15) is 13.2 Å². The first-order chi connectivity index (χ1) is 12.0. The Morgan fingerprint density at radius 2 is 2.04 bits per heavy atom. The highest BCUT2D eigenvalue weighted by Crippen LogP contribution is 2.28. The lowest BCUT2D eigenvalue weighted by molar-refractivity contribution is -0.140. The summed E-state index contributed by atoms with van der Waals surface area (Å²) in [6, 6.07) is 8.42. The first kappa shape index (κ1) is 19.4. The highest BCUT2D eigenvalue weighted by Gasteiger charge is 2.21. The van der Waals surface area contributed by atoms with Crippen molar-refractivity contribution in [2.75, 3.05) is 13.7 Å². The maximum atomic E-state index is 12.3. The molecule has 0 bridgehead atoms. The Morgan fingerprint density at radius 1 is 1.28 bits per heavy atom. The molecule has 1 N–H and O–H groups in total. The second-order valence-corrected chi connectivity index (χ2v) is 7.78. The lowest BCUT2D eigenvalue weighted by Crippen LogP contribution is -2.29. The van der Waals surface area contributed by atoms with Crippen LogP contribution < -0.4 is 4.72 Å².